The molecule has 3 N–H and O–H groups in total. The summed E-state index contributed by atoms with van der Waals surface area (Å²) in [5.41, 5.74) is 1.08. The Labute approximate surface area is 120 Å². The number of carbonyl (C=O) groups excluding carboxylic acids is 1. The molecular formula is C16H24N2O2. The van der Waals surface area contributed by atoms with Gasteiger partial charge in [-0.2, -0.15) is 0 Å². The summed E-state index contributed by atoms with van der Waals surface area (Å²) in [7, 11) is 0. The Hall–Kier alpha value is -1.55. The molecule has 0 radical (unpaired) electrons. The van der Waals surface area contributed by atoms with E-state index in [4.69, 9.17) is 0 Å². The van der Waals surface area contributed by atoms with Crippen LogP contribution >= 0.6 is 0 Å². The molecule has 0 aromatic heterocycles. The minimum absolute atomic E-state index is 0.184. The van der Waals surface area contributed by atoms with E-state index in [9.17, 15) is 9.90 Å². The van der Waals surface area contributed by atoms with E-state index in [1.165, 1.54) is 19.3 Å². The van der Waals surface area contributed by atoms with Gasteiger partial charge in [0.1, 0.15) is 0 Å². The average Bonchev–Trinajstić information content (AvgIpc) is 2.40. The molecule has 1 atom stereocenters. The lowest BCUT2D eigenvalue weighted by Crippen LogP contribution is -2.41. The zero-order chi connectivity index (χ0) is 14.2. The summed E-state index contributed by atoms with van der Waals surface area (Å²) in [6.07, 6.45) is 5.03. The van der Waals surface area contributed by atoms with E-state index >= 15 is 0 Å². The first-order chi connectivity index (χ1) is 9.74. The van der Waals surface area contributed by atoms with Crippen LogP contribution in [0.4, 0.5) is 4.79 Å². The lowest BCUT2D eigenvalue weighted by molar-refractivity contribution is 0.170. The van der Waals surface area contributed by atoms with E-state index in [0.717, 1.165) is 24.4 Å². The van der Waals surface area contributed by atoms with Crippen molar-refractivity contribution in [1.29, 1.82) is 0 Å². The molecule has 1 aromatic rings. The molecule has 1 unspecified atom stereocenters. The third-order valence-corrected chi connectivity index (χ3v) is 3.88. The van der Waals surface area contributed by atoms with Gasteiger partial charge in [-0.1, -0.05) is 49.6 Å². The maximum atomic E-state index is 11.6. The van der Waals surface area contributed by atoms with Gasteiger partial charge in [0, 0.05) is 19.5 Å². The number of benzene rings is 1. The number of aliphatic hydroxyl groups excluding tert-OH is 1. The fraction of sp³-hybridized carbons (Fsp3) is 0.562. The van der Waals surface area contributed by atoms with Gasteiger partial charge in [-0.15, -0.1) is 0 Å². The van der Waals surface area contributed by atoms with Gasteiger partial charge in [-0.25, -0.2) is 4.79 Å². The summed E-state index contributed by atoms with van der Waals surface area (Å²) in [6.45, 7) is 1.01. The van der Waals surface area contributed by atoms with Crippen LogP contribution in [0, 0.1) is 5.92 Å². The van der Waals surface area contributed by atoms with Crippen molar-refractivity contribution < 1.29 is 9.90 Å². The predicted octanol–water partition coefficient (Wildman–Crippen LogP) is 2.08. The summed E-state index contributed by atoms with van der Waals surface area (Å²) < 4.78 is 0. The second-order valence-corrected chi connectivity index (χ2v) is 5.57. The highest BCUT2D eigenvalue weighted by Crippen LogP contribution is 2.28. The van der Waals surface area contributed by atoms with Gasteiger partial charge < -0.3 is 15.7 Å². The van der Waals surface area contributed by atoms with Crippen LogP contribution in [0.3, 0.4) is 0 Å². The van der Waals surface area contributed by atoms with Crippen LogP contribution in [0.5, 0.6) is 0 Å². The Kier molecular flexibility index (Phi) is 5.87. The van der Waals surface area contributed by atoms with Crippen molar-refractivity contribution in [1.82, 2.24) is 10.6 Å². The zero-order valence-corrected chi connectivity index (χ0v) is 11.8. The lowest BCUT2D eigenvalue weighted by Gasteiger charge is -2.25. The van der Waals surface area contributed by atoms with Gasteiger partial charge in [0.05, 0.1) is 6.10 Å². The van der Waals surface area contributed by atoms with Gasteiger partial charge >= 0.3 is 6.03 Å². The summed E-state index contributed by atoms with van der Waals surface area (Å²) in [4.78, 5) is 11.6. The molecule has 1 aliphatic rings. The van der Waals surface area contributed by atoms with Gasteiger partial charge in [-0.05, 0) is 17.9 Å². The maximum absolute atomic E-state index is 11.6. The molecule has 4 nitrogen and oxygen atoms in total. The Morgan fingerprint density at radius 3 is 2.65 bits per heavy atom. The maximum Gasteiger partial charge on any atom is 0.314 e. The molecule has 1 aliphatic carbocycles. The molecule has 0 spiro atoms. The summed E-state index contributed by atoms with van der Waals surface area (Å²) in [5.74, 6) is 0.805. The van der Waals surface area contributed by atoms with Crippen LogP contribution in [-0.4, -0.2) is 30.3 Å². The normalized spacial score (nSPS) is 16.2. The fourth-order valence-corrected chi connectivity index (χ4v) is 2.40. The number of hydrogen-bond acceptors (Lipinski definition) is 2. The van der Waals surface area contributed by atoms with Crippen molar-refractivity contribution in [2.75, 3.05) is 13.1 Å². The van der Waals surface area contributed by atoms with Crippen molar-refractivity contribution >= 4 is 6.03 Å². The van der Waals surface area contributed by atoms with E-state index in [-0.39, 0.29) is 12.6 Å². The molecule has 1 aromatic carbocycles. The molecule has 4 heteroatoms. The van der Waals surface area contributed by atoms with E-state index in [2.05, 4.69) is 10.6 Å². The Morgan fingerprint density at radius 1 is 1.25 bits per heavy atom. The molecule has 0 saturated heterocycles. The Balaban J connectivity index is 1.55. The predicted molar refractivity (Wildman–Crippen MR) is 79.5 cm³/mol. The van der Waals surface area contributed by atoms with Gasteiger partial charge in [0.25, 0.3) is 0 Å². The van der Waals surface area contributed by atoms with E-state index < -0.39 is 6.10 Å². The lowest BCUT2D eigenvalue weighted by atomic mass is 9.83. The Bertz CT molecular complexity index is 404. The summed E-state index contributed by atoms with van der Waals surface area (Å²) >= 11 is 0. The topological polar surface area (TPSA) is 61.4 Å². The standard InChI is InChI=1S/C16H24N2O2/c19-15(11-14-5-2-1-3-6-14)12-18-16(20)17-10-9-13-7-4-8-13/h1-3,5-6,13,15,19H,4,7-12H2,(H2,17,18,20). The quantitative estimate of drug-likeness (QED) is 0.714. The number of amides is 2. The number of carbonyl (C=O) groups is 1. The third kappa shape index (κ3) is 5.21. The second-order valence-electron chi connectivity index (χ2n) is 5.57. The van der Waals surface area contributed by atoms with Crippen LogP contribution in [0.15, 0.2) is 30.3 Å². The minimum Gasteiger partial charge on any atom is -0.391 e. The summed E-state index contributed by atoms with van der Waals surface area (Å²) in [5, 5.41) is 15.4. The van der Waals surface area contributed by atoms with Crippen LogP contribution < -0.4 is 10.6 Å². The second kappa shape index (κ2) is 7.90. The van der Waals surface area contributed by atoms with Crippen LogP contribution in [0.1, 0.15) is 31.2 Å². The van der Waals surface area contributed by atoms with Gasteiger partial charge in [-0.3, -0.25) is 0 Å². The number of nitrogens with one attached hydrogen (secondary N) is 2. The Morgan fingerprint density at radius 2 is 2.00 bits per heavy atom. The first-order valence-corrected chi connectivity index (χ1v) is 7.47. The first kappa shape index (κ1) is 14.9. The molecule has 2 rings (SSSR count). The van der Waals surface area contributed by atoms with Crippen LogP contribution in [-0.2, 0) is 6.42 Å². The van der Waals surface area contributed by atoms with Gasteiger partial charge in [0.2, 0.25) is 0 Å². The SMILES string of the molecule is O=C(NCCC1CCC1)NCC(O)Cc1ccccc1. The fourth-order valence-electron chi connectivity index (χ4n) is 2.40. The minimum atomic E-state index is -0.546. The highest BCUT2D eigenvalue weighted by atomic mass is 16.3. The molecule has 0 heterocycles. The third-order valence-electron chi connectivity index (χ3n) is 3.88. The van der Waals surface area contributed by atoms with E-state index in [0.29, 0.717) is 6.42 Å². The molecule has 0 bridgehead atoms. The average molecular weight is 276 g/mol. The smallest absolute Gasteiger partial charge is 0.314 e. The molecular weight excluding hydrogens is 252 g/mol. The number of aliphatic hydroxyl groups is 1. The van der Waals surface area contributed by atoms with Crippen molar-refractivity contribution in [2.24, 2.45) is 5.92 Å². The molecule has 1 saturated carbocycles. The summed E-state index contributed by atoms with van der Waals surface area (Å²) in [6, 6.07) is 9.61. The van der Waals surface area contributed by atoms with Gasteiger partial charge in [0.15, 0.2) is 0 Å². The largest absolute Gasteiger partial charge is 0.391 e. The first-order valence-electron chi connectivity index (χ1n) is 7.47. The molecule has 110 valence electrons. The molecule has 2 amide bonds. The number of urea groups is 1. The van der Waals surface area contributed by atoms with Crippen molar-refractivity contribution in [3.8, 4) is 0 Å². The van der Waals surface area contributed by atoms with Crippen LogP contribution in [0.25, 0.3) is 0 Å². The van der Waals surface area contributed by atoms with E-state index in [1.54, 1.807) is 0 Å². The highest BCUT2D eigenvalue weighted by molar-refractivity contribution is 5.73. The highest BCUT2D eigenvalue weighted by Gasteiger charge is 2.16. The monoisotopic (exact) mass is 276 g/mol. The number of hydrogen-bond donors (Lipinski definition) is 3. The number of rotatable bonds is 7. The van der Waals surface area contributed by atoms with Crippen molar-refractivity contribution in [2.45, 2.75) is 38.2 Å². The van der Waals surface area contributed by atoms with Crippen molar-refractivity contribution in [3.05, 3.63) is 35.9 Å². The molecule has 20 heavy (non-hydrogen) atoms. The van der Waals surface area contributed by atoms with Crippen molar-refractivity contribution in [3.63, 3.8) is 0 Å². The van der Waals surface area contributed by atoms with Crippen LogP contribution in [0.2, 0.25) is 0 Å². The zero-order valence-electron chi connectivity index (χ0n) is 11.8. The van der Waals surface area contributed by atoms with E-state index in [1.807, 2.05) is 30.3 Å². The molecule has 0 aliphatic heterocycles. The molecule has 1 fully saturated rings.